The van der Waals surface area contributed by atoms with Crippen LogP contribution in [0.2, 0.25) is 0 Å². The number of rotatable bonds is 6. The van der Waals surface area contributed by atoms with Crippen LogP contribution in [-0.4, -0.2) is 48.1 Å². The molecule has 1 aliphatic heterocycles. The number of halogens is 3. The van der Waals surface area contributed by atoms with Crippen LogP contribution in [0.4, 0.5) is 13.2 Å². The lowest BCUT2D eigenvalue weighted by Crippen LogP contribution is -2.28. The van der Waals surface area contributed by atoms with Crippen molar-refractivity contribution in [2.24, 2.45) is 5.73 Å². The number of aliphatic carboxylic acids is 1. The summed E-state index contributed by atoms with van der Waals surface area (Å²) in [5.41, 5.74) is 8.96. The van der Waals surface area contributed by atoms with Crippen LogP contribution in [-0.2, 0) is 11.3 Å². The molecule has 6 nitrogen and oxygen atoms in total. The summed E-state index contributed by atoms with van der Waals surface area (Å²) in [6, 6.07) is 15.8. The fourth-order valence-electron chi connectivity index (χ4n) is 3.40. The van der Waals surface area contributed by atoms with E-state index in [0.717, 1.165) is 25.9 Å². The van der Waals surface area contributed by atoms with Gasteiger partial charge in [-0.25, -0.2) is 4.79 Å². The van der Waals surface area contributed by atoms with Gasteiger partial charge < -0.3 is 20.5 Å². The zero-order chi connectivity index (χ0) is 24.4. The molecule has 0 aliphatic carbocycles. The van der Waals surface area contributed by atoms with Gasteiger partial charge in [-0.2, -0.15) is 13.2 Å². The molecule has 9 heteroatoms. The average molecular weight is 464 g/mol. The second-order valence-electron chi connectivity index (χ2n) is 7.47. The Morgan fingerprint density at radius 1 is 1.15 bits per heavy atom. The van der Waals surface area contributed by atoms with Crippen molar-refractivity contribution in [3.63, 3.8) is 0 Å². The van der Waals surface area contributed by atoms with Gasteiger partial charge in [-0.1, -0.05) is 36.4 Å². The highest BCUT2D eigenvalue weighted by molar-refractivity contribution is 6.04. The number of hydrogen-bond donors (Lipinski definition) is 2. The van der Waals surface area contributed by atoms with Crippen LogP contribution in [0, 0.1) is 0 Å². The molecule has 2 aromatic carbocycles. The van der Waals surface area contributed by atoms with Crippen molar-refractivity contribution in [1.82, 2.24) is 4.90 Å². The highest BCUT2D eigenvalue weighted by Crippen LogP contribution is 2.28. The molecule has 1 fully saturated rings. The smallest absolute Gasteiger partial charge is 0.490 e. The molecule has 2 aromatic rings. The Morgan fingerprint density at radius 2 is 1.79 bits per heavy atom. The SMILES string of the molecule is COc1cccc(C(=O)/C=C/N2CCC(c3cccc(CN)c3)CC2)c1.O=C(O)C(F)(F)F. The molecule has 3 rings (SSSR count). The van der Waals surface area contributed by atoms with E-state index in [1.165, 1.54) is 11.1 Å². The Morgan fingerprint density at radius 3 is 2.36 bits per heavy atom. The molecule has 178 valence electrons. The Hall–Kier alpha value is -3.33. The first-order valence-corrected chi connectivity index (χ1v) is 10.3. The van der Waals surface area contributed by atoms with E-state index in [4.69, 9.17) is 20.4 Å². The van der Waals surface area contributed by atoms with E-state index in [-0.39, 0.29) is 5.78 Å². The summed E-state index contributed by atoms with van der Waals surface area (Å²) in [5.74, 6) is -1.49. The lowest BCUT2D eigenvalue weighted by molar-refractivity contribution is -0.192. The number of nitrogens with zero attached hydrogens (tertiary/aromatic N) is 1. The quantitative estimate of drug-likeness (QED) is 0.487. The normalized spacial score (nSPS) is 14.5. The minimum atomic E-state index is -5.08. The molecule has 3 N–H and O–H groups in total. The van der Waals surface area contributed by atoms with Crippen LogP contribution in [0.3, 0.4) is 0 Å². The number of piperidine rings is 1. The fourth-order valence-corrected chi connectivity index (χ4v) is 3.40. The number of benzene rings is 2. The number of carboxylic acids is 1. The van der Waals surface area contributed by atoms with Gasteiger partial charge in [-0.15, -0.1) is 0 Å². The number of likely N-dealkylation sites (tertiary alicyclic amines) is 1. The number of ether oxygens (including phenoxy) is 1. The summed E-state index contributed by atoms with van der Waals surface area (Å²) < 4.78 is 36.9. The van der Waals surface area contributed by atoms with Gasteiger partial charge in [0.25, 0.3) is 0 Å². The first-order chi connectivity index (χ1) is 15.6. The summed E-state index contributed by atoms with van der Waals surface area (Å²) in [6.07, 6.45) is 0.676. The van der Waals surface area contributed by atoms with Crippen LogP contribution in [0.1, 0.15) is 40.2 Å². The number of nitrogens with two attached hydrogens (primary N) is 1. The monoisotopic (exact) mass is 464 g/mol. The molecule has 1 heterocycles. The molecule has 0 unspecified atom stereocenters. The minimum Gasteiger partial charge on any atom is -0.497 e. The fraction of sp³-hybridized carbons (Fsp3) is 0.333. The first-order valence-electron chi connectivity index (χ1n) is 10.3. The number of methoxy groups -OCH3 is 1. The zero-order valence-corrected chi connectivity index (χ0v) is 18.2. The van der Waals surface area contributed by atoms with Gasteiger partial charge in [0.2, 0.25) is 0 Å². The molecule has 0 amide bonds. The van der Waals surface area contributed by atoms with Crippen LogP contribution >= 0.6 is 0 Å². The Balaban J connectivity index is 0.000000479. The van der Waals surface area contributed by atoms with Gasteiger partial charge in [0.1, 0.15) is 5.75 Å². The van der Waals surface area contributed by atoms with Gasteiger partial charge in [-0.3, -0.25) is 4.79 Å². The lowest BCUT2D eigenvalue weighted by atomic mass is 9.88. The van der Waals surface area contributed by atoms with Gasteiger partial charge in [0.05, 0.1) is 7.11 Å². The molecule has 33 heavy (non-hydrogen) atoms. The summed E-state index contributed by atoms with van der Waals surface area (Å²) in [5, 5.41) is 7.12. The predicted octanol–water partition coefficient (Wildman–Crippen LogP) is 4.36. The topological polar surface area (TPSA) is 92.9 Å². The molecule has 1 aliphatic rings. The molecule has 0 aromatic heterocycles. The van der Waals surface area contributed by atoms with E-state index in [1.807, 2.05) is 24.4 Å². The standard InChI is InChI=1S/C22H26N2O2.C2HF3O2/c1-26-21-7-3-6-20(15-21)22(25)10-13-24-11-8-18(9-12-24)19-5-2-4-17(14-19)16-23;3-2(4,5)1(6)7/h2-7,10,13-15,18H,8-9,11-12,16,23H2,1H3;(H,6,7)/b13-10+;. The maximum Gasteiger partial charge on any atom is 0.490 e. The second kappa shape index (κ2) is 12.1. The number of hydrogen-bond acceptors (Lipinski definition) is 5. The van der Waals surface area contributed by atoms with E-state index < -0.39 is 12.1 Å². The van der Waals surface area contributed by atoms with E-state index >= 15 is 0 Å². The third kappa shape index (κ3) is 8.27. The summed E-state index contributed by atoms with van der Waals surface area (Å²) in [6.45, 7) is 2.50. The van der Waals surface area contributed by atoms with E-state index in [2.05, 4.69) is 29.2 Å². The van der Waals surface area contributed by atoms with Crippen molar-refractivity contribution < 1.29 is 32.6 Å². The van der Waals surface area contributed by atoms with Crippen molar-refractivity contribution in [2.75, 3.05) is 20.2 Å². The maximum absolute atomic E-state index is 12.3. The summed E-state index contributed by atoms with van der Waals surface area (Å²) >= 11 is 0. The van der Waals surface area contributed by atoms with Crippen LogP contribution < -0.4 is 10.5 Å². The number of ketones is 1. The van der Waals surface area contributed by atoms with Gasteiger partial charge >= 0.3 is 12.1 Å². The second-order valence-corrected chi connectivity index (χ2v) is 7.47. The number of carbonyl (C=O) groups is 2. The van der Waals surface area contributed by atoms with Gasteiger partial charge in [0, 0.05) is 37.5 Å². The molecule has 0 radical (unpaired) electrons. The zero-order valence-electron chi connectivity index (χ0n) is 18.2. The lowest BCUT2D eigenvalue weighted by Gasteiger charge is -2.31. The minimum absolute atomic E-state index is 0.00155. The molecular formula is C24H27F3N2O4. The third-order valence-corrected chi connectivity index (χ3v) is 5.22. The van der Waals surface area contributed by atoms with E-state index in [9.17, 15) is 18.0 Å². The van der Waals surface area contributed by atoms with Crippen molar-refractivity contribution in [3.8, 4) is 5.75 Å². The highest BCUT2D eigenvalue weighted by Gasteiger charge is 2.38. The van der Waals surface area contributed by atoms with Crippen molar-refractivity contribution in [1.29, 1.82) is 0 Å². The molecule has 0 saturated carbocycles. The summed E-state index contributed by atoms with van der Waals surface area (Å²) in [4.78, 5) is 23.5. The number of alkyl halides is 3. The molecule has 0 bridgehead atoms. The van der Waals surface area contributed by atoms with Crippen LogP contribution in [0.15, 0.2) is 60.8 Å². The van der Waals surface area contributed by atoms with Gasteiger partial charge in [0.15, 0.2) is 5.78 Å². The maximum atomic E-state index is 12.3. The number of carboxylic acid groups (broad SMARTS) is 1. The largest absolute Gasteiger partial charge is 0.497 e. The van der Waals surface area contributed by atoms with Crippen molar-refractivity contribution >= 4 is 11.8 Å². The molecule has 1 saturated heterocycles. The van der Waals surface area contributed by atoms with Crippen LogP contribution in [0.25, 0.3) is 0 Å². The number of carbonyl (C=O) groups excluding carboxylic acids is 1. The van der Waals surface area contributed by atoms with Gasteiger partial charge in [-0.05, 0) is 42.0 Å². The van der Waals surface area contributed by atoms with Crippen LogP contribution in [0.5, 0.6) is 5.75 Å². The van der Waals surface area contributed by atoms with Crippen molar-refractivity contribution in [2.45, 2.75) is 31.5 Å². The van der Waals surface area contributed by atoms with Crippen molar-refractivity contribution in [3.05, 3.63) is 77.5 Å². The average Bonchev–Trinajstić information content (AvgIpc) is 2.82. The van der Waals surface area contributed by atoms with E-state index in [1.54, 1.807) is 19.3 Å². The Bertz CT molecular complexity index is 968. The highest BCUT2D eigenvalue weighted by atomic mass is 19.4. The van der Waals surface area contributed by atoms with E-state index in [0.29, 0.717) is 23.8 Å². The third-order valence-electron chi connectivity index (χ3n) is 5.22. The molecule has 0 atom stereocenters. The molecular weight excluding hydrogens is 437 g/mol. The summed E-state index contributed by atoms with van der Waals surface area (Å²) in [7, 11) is 1.60. The molecule has 0 spiro atoms. The Kier molecular flexibility index (Phi) is 9.47. The Labute approximate surface area is 190 Å². The predicted molar refractivity (Wildman–Crippen MR) is 118 cm³/mol. The first kappa shape index (κ1) is 25.9. The number of allylic oxidation sites excluding steroid dienone is 1.